The van der Waals surface area contributed by atoms with Crippen molar-refractivity contribution in [3.63, 3.8) is 0 Å². The molecular formula is C12H24OS. The lowest BCUT2D eigenvalue weighted by Gasteiger charge is -2.14. The van der Waals surface area contributed by atoms with Crippen LogP contribution in [0.5, 0.6) is 0 Å². The van der Waals surface area contributed by atoms with Crippen molar-refractivity contribution in [3.05, 3.63) is 0 Å². The van der Waals surface area contributed by atoms with Gasteiger partial charge >= 0.3 is 0 Å². The smallest absolute Gasteiger partial charge is 0.135 e. The average Bonchev–Trinajstić information content (AvgIpc) is 1.83. The van der Waals surface area contributed by atoms with E-state index in [-0.39, 0.29) is 16.6 Å². The van der Waals surface area contributed by atoms with Gasteiger partial charge in [0.05, 0.1) is 0 Å². The fourth-order valence-corrected chi connectivity index (χ4v) is 0. The zero-order valence-corrected chi connectivity index (χ0v) is 11.6. The van der Waals surface area contributed by atoms with E-state index >= 15 is 0 Å². The first kappa shape index (κ1) is 16.2. The Morgan fingerprint density at radius 3 is 1.00 bits per heavy atom. The van der Waals surface area contributed by atoms with Crippen LogP contribution < -0.4 is 0 Å². The van der Waals surface area contributed by atoms with Crippen molar-refractivity contribution in [1.82, 2.24) is 0 Å². The van der Waals surface area contributed by atoms with E-state index in [1.165, 1.54) is 0 Å². The van der Waals surface area contributed by atoms with E-state index in [4.69, 9.17) is 12.2 Å². The highest BCUT2D eigenvalue weighted by atomic mass is 32.1. The van der Waals surface area contributed by atoms with Crippen molar-refractivity contribution in [2.75, 3.05) is 0 Å². The third-order valence-electron chi connectivity index (χ3n) is 2.11. The van der Waals surface area contributed by atoms with Crippen LogP contribution in [0.2, 0.25) is 0 Å². The zero-order chi connectivity index (χ0) is 12.2. The second-order valence-electron chi connectivity index (χ2n) is 5.61. The summed E-state index contributed by atoms with van der Waals surface area (Å²) < 4.78 is 0. The molecule has 0 atom stereocenters. The molecule has 2 heteroatoms. The number of thiocarbonyl (C=S) groups is 1. The number of hydrogen-bond acceptors (Lipinski definition) is 2. The molecule has 0 saturated carbocycles. The topological polar surface area (TPSA) is 17.1 Å². The maximum Gasteiger partial charge on any atom is 0.135 e. The predicted molar refractivity (Wildman–Crippen MR) is 67.9 cm³/mol. The molecule has 0 aliphatic heterocycles. The Balaban J connectivity index is 0. The van der Waals surface area contributed by atoms with E-state index in [1.807, 2.05) is 27.7 Å². The zero-order valence-electron chi connectivity index (χ0n) is 10.8. The van der Waals surface area contributed by atoms with Crippen molar-refractivity contribution in [3.8, 4) is 0 Å². The normalized spacial score (nSPS) is 11.4. The van der Waals surface area contributed by atoms with Gasteiger partial charge in [-0.25, -0.2) is 0 Å². The monoisotopic (exact) mass is 216 g/mol. The minimum absolute atomic E-state index is 0.139. The van der Waals surface area contributed by atoms with E-state index in [0.717, 1.165) is 4.86 Å². The summed E-state index contributed by atoms with van der Waals surface area (Å²) in [5.41, 5.74) is 0.0926. The first-order chi connectivity index (χ1) is 5.89. The van der Waals surface area contributed by atoms with Gasteiger partial charge in [0.25, 0.3) is 0 Å². The molecule has 0 saturated heterocycles. The van der Waals surface area contributed by atoms with Gasteiger partial charge in [0.2, 0.25) is 0 Å². The van der Waals surface area contributed by atoms with Crippen molar-refractivity contribution < 1.29 is 4.79 Å². The molecular weight excluding hydrogens is 192 g/mol. The van der Waals surface area contributed by atoms with Gasteiger partial charge in [-0.15, -0.1) is 0 Å². The lowest BCUT2D eigenvalue weighted by molar-refractivity contribution is -0.124. The summed E-state index contributed by atoms with van der Waals surface area (Å²) in [4.78, 5) is 11.5. The second kappa shape index (κ2) is 5.59. The van der Waals surface area contributed by atoms with Gasteiger partial charge in [0.15, 0.2) is 0 Å². The van der Waals surface area contributed by atoms with Gasteiger partial charge in [-0.2, -0.15) is 0 Å². The molecule has 14 heavy (non-hydrogen) atoms. The molecule has 0 spiro atoms. The van der Waals surface area contributed by atoms with Gasteiger partial charge in [-0.3, -0.25) is 4.79 Å². The van der Waals surface area contributed by atoms with Crippen LogP contribution in [0.1, 0.15) is 55.4 Å². The van der Waals surface area contributed by atoms with Crippen molar-refractivity contribution in [2.45, 2.75) is 55.4 Å². The van der Waals surface area contributed by atoms with Crippen LogP contribution in [0.25, 0.3) is 0 Å². The molecule has 84 valence electrons. The first-order valence-corrected chi connectivity index (χ1v) is 5.32. The third-order valence-corrected chi connectivity index (χ3v) is 2.72. The lowest BCUT2D eigenvalue weighted by Crippen LogP contribution is -2.15. The minimum Gasteiger partial charge on any atom is -0.299 e. The van der Waals surface area contributed by atoms with Crippen LogP contribution in [0.4, 0.5) is 0 Å². The molecule has 0 fully saturated rings. The van der Waals surface area contributed by atoms with Crippen LogP contribution in [-0.4, -0.2) is 10.6 Å². The molecule has 0 aromatic rings. The van der Waals surface area contributed by atoms with Gasteiger partial charge in [-0.1, -0.05) is 53.8 Å². The Bertz CT molecular complexity index is 179. The third kappa shape index (κ3) is 9.85. The largest absolute Gasteiger partial charge is 0.299 e. The Morgan fingerprint density at radius 1 is 0.857 bits per heavy atom. The number of Topliss-reactive ketones (excluding diaryl/α,β-unsaturated/α-hetero) is 1. The molecule has 0 rings (SSSR count). The fourth-order valence-electron chi connectivity index (χ4n) is 0. The van der Waals surface area contributed by atoms with Gasteiger partial charge < -0.3 is 0 Å². The molecule has 0 aromatic carbocycles. The predicted octanol–water partition coefficient (Wildman–Crippen LogP) is 4.04. The van der Waals surface area contributed by atoms with Crippen molar-refractivity contribution in [2.24, 2.45) is 10.8 Å². The number of carbonyl (C=O) groups is 1. The first-order valence-electron chi connectivity index (χ1n) is 4.91. The Kier molecular flexibility index (Phi) is 6.47. The highest BCUT2D eigenvalue weighted by Crippen LogP contribution is 2.14. The molecule has 0 aliphatic carbocycles. The van der Waals surface area contributed by atoms with Crippen molar-refractivity contribution >= 4 is 22.9 Å². The van der Waals surface area contributed by atoms with Crippen LogP contribution >= 0.6 is 12.2 Å². The van der Waals surface area contributed by atoms with Crippen LogP contribution in [-0.2, 0) is 4.79 Å². The Labute approximate surface area is 94.3 Å². The lowest BCUT2D eigenvalue weighted by atomic mass is 9.92. The summed E-state index contributed by atoms with van der Waals surface area (Å²) in [6.45, 7) is 15.7. The number of ketones is 1. The van der Waals surface area contributed by atoms with E-state index in [1.54, 1.807) is 6.92 Å². The molecule has 0 aliphatic rings. The Hall–Kier alpha value is -0.240. The van der Waals surface area contributed by atoms with Crippen LogP contribution in [0.3, 0.4) is 0 Å². The average molecular weight is 216 g/mol. The van der Waals surface area contributed by atoms with Crippen LogP contribution in [0, 0.1) is 10.8 Å². The molecule has 0 heterocycles. The van der Waals surface area contributed by atoms with Gasteiger partial charge in [-0.05, 0) is 24.1 Å². The summed E-state index contributed by atoms with van der Waals surface area (Å²) in [6, 6.07) is 0. The molecule has 0 radical (unpaired) electrons. The molecule has 0 unspecified atom stereocenters. The van der Waals surface area contributed by atoms with Crippen LogP contribution in [0.15, 0.2) is 0 Å². The maximum atomic E-state index is 10.5. The Morgan fingerprint density at radius 2 is 1.00 bits per heavy atom. The van der Waals surface area contributed by atoms with E-state index < -0.39 is 0 Å². The highest BCUT2D eigenvalue weighted by Gasteiger charge is 2.14. The highest BCUT2D eigenvalue weighted by molar-refractivity contribution is 7.80. The quantitative estimate of drug-likeness (QED) is 0.568. The van der Waals surface area contributed by atoms with Crippen molar-refractivity contribution in [1.29, 1.82) is 0 Å². The minimum atomic E-state index is -0.139. The standard InChI is InChI=1S/C6H12O.C6H12S/c2*1-5(7)6(2,3)4/h2*1-4H3. The number of hydrogen-bond donors (Lipinski definition) is 0. The summed E-state index contributed by atoms with van der Waals surface area (Å²) in [5.74, 6) is 0.243. The molecule has 0 aromatic heterocycles. The van der Waals surface area contributed by atoms with Gasteiger partial charge in [0.1, 0.15) is 5.78 Å². The number of carbonyl (C=O) groups excluding carboxylic acids is 1. The fraction of sp³-hybridized carbons (Fsp3) is 0.833. The molecule has 0 amide bonds. The summed E-state index contributed by atoms with van der Waals surface area (Å²) in [6.07, 6.45) is 0. The number of rotatable bonds is 0. The second-order valence-corrected chi connectivity index (χ2v) is 6.22. The molecule has 0 bridgehead atoms. The summed E-state index contributed by atoms with van der Waals surface area (Å²) in [5, 5.41) is 0. The molecule has 1 nitrogen and oxygen atoms in total. The van der Waals surface area contributed by atoms with E-state index in [2.05, 4.69) is 20.8 Å². The van der Waals surface area contributed by atoms with E-state index in [0.29, 0.717) is 0 Å². The maximum absolute atomic E-state index is 10.5. The van der Waals surface area contributed by atoms with Gasteiger partial charge in [0, 0.05) is 5.41 Å². The summed E-state index contributed by atoms with van der Waals surface area (Å²) in [7, 11) is 0. The molecule has 0 N–H and O–H groups in total. The van der Waals surface area contributed by atoms with E-state index in [9.17, 15) is 4.79 Å². The SMILES string of the molecule is CC(=O)C(C)(C)C.CC(=S)C(C)(C)C. The summed E-state index contributed by atoms with van der Waals surface area (Å²) >= 11 is 4.93.